The van der Waals surface area contributed by atoms with E-state index in [1.54, 1.807) is 0 Å². The van der Waals surface area contributed by atoms with Gasteiger partial charge in [-0.1, -0.05) is 13.8 Å². The fourth-order valence-electron chi connectivity index (χ4n) is 2.49. The van der Waals surface area contributed by atoms with E-state index < -0.39 is 0 Å². The number of thiazole rings is 1. The predicted octanol–water partition coefficient (Wildman–Crippen LogP) is 2.72. The summed E-state index contributed by atoms with van der Waals surface area (Å²) < 4.78 is 0. The van der Waals surface area contributed by atoms with E-state index in [9.17, 15) is 0 Å². The van der Waals surface area contributed by atoms with Gasteiger partial charge in [0.1, 0.15) is 5.01 Å². The molecule has 1 saturated heterocycles. The highest BCUT2D eigenvalue weighted by Crippen LogP contribution is 2.23. The lowest BCUT2D eigenvalue weighted by Crippen LogP contribution is -2.39. The van der Waals surface area contributed by atoms with E-state index in [1.807, 2.05) is 11.3 Å². The van der Waals surface area contributed by atoms with Gasteiger partial charge in [-0.15, -0.1) is 11.3 Å². The molecule has 102 valence electrons. The summed E-state index contributed by atoms with van der Waals surface area (Å²) in [7, 11) is 0. The van der Waals surface area contributed by atoms with Gasteiger partial charge in [-0.3, -0.25) is 4.90 Å². The maximum absolute atomic E-state index is 4.66. The Morgan fingerprint density at radius 2 is 2.22 bits per heavy atom. The van der Waals surface area contributed by atoms with Crippen molar-refractivity contribution in [2.45, 2.75) is 59.2 Å². The van der Waals surface area contributed by atoms with Gasteiger partial charge < -0.3 is 5.32 Å². The molecule has 0 amide bonds. The zero-order valence-electron chi connectivity index (χ0n) is 12.0. The third kappa shape index (κ3) is 3.53. The van der Waals surface area contributed by atoms with Crippen LogP contribution in [0.15, 0.2) is 0 Å². The number of nitrogens with one attached hydrogen (secondary N) is 1. The minimum atomic E-state index is 0.580. The van der Waals surface area contributed by atoms with Crippen molar-refractivity contribution in [3.05, 3.63) is 15.6 Å². The molecule has 0 radical (unpaired) electrons. The van der Waals surface area contributed by atoms with Crippen LogP contribution in [-0.2, 0) is 6.54 Å². The SMILES string of the molecule is Cc1nc(CN2CCCC2CNC(C)C)sc1C. The number of hydrogen-bond acceptors (Lipinski definition) is 4. The molecule has 4 heteroatoms. The molecule has 1 atom stereocenters. The number of likely N-dealkylation sites (tertiary alicyclic amines) is 1. The third-order valence-corrected chi connectivity index (χ3v) is 4.73. The molecule has 1 aromatic rings. The lowest BCUT2D eigenvalue weighted by Gasteiger charge is -2.24. The standard InChI is InChI=1S/C14H25N3S/c1-10(2)15-8-13-6-5-7-17(13)9-14-16-11(3)12(4)18-14/h10,13,15H,5-9H2,1-4H3. The average molecular weight is 267 g/mol. The summed E-state index contributed by atoms with van der Waals surface area (Å²) in [5.74, 6) is 0. The monoisotopic (exact) mass is 267 g/mol. The van der Waals surface area contributed by atoms with E-state index >= 15 is 0 Å². The van der Waals surface area contributed by atoms with Gasteiger partial charge in [-0.2, -0.15) is 0 Å². The highest BCUT2D eigenvalue weighted by atomic mass is 32.1. The normalized spacial score (nSPS) is 21.1. The number of hydrogen-bond donors (Lipinski definition) is 1. The van der Waals surface area contributed by atoms with E-state index in [1.165, 1.54) is 35.0 Å². The number of aryl methyl sites for hydroxylation is 2. The maximum Gasteiger partial charge on any atom is 0.107 e. The van der Waals surface area contributed by atoms with Gasteiger partial charge in [0.2, 0.25) is 0 Å². The van der Waals surface area contributed by atoms with Gasteiger partial charge in [-0.05, 0) is 33.2 Å². The number of nitrogens with zero attached hydrogens (tertiary/aromatic N) is 2. The van der Waals surface area contributed by atoms with Crippen molar-refractivity contribution in [3.8, 4) is 0 Å². The third-order valence-electron chi connectivity index (χ3n) is 3.67. The summed E-state index contributed by atoms with van der Waals surface area (Å²) >= 11 is 1.85. The van der Waals surface area contributed by atoms with E-state index in [-0.39, 0.29) is 0 Å². The molecule has 1 N–H and O–H groups in total. The lowest BCUT2D eigenvalue weighted by atomic mass is 10.2. The second-order valence-electron chi connectivity index (χ2n) is 5.58. The minimum absolute atomic E-state index is 0.580. The van der Waals surface area contributed by atoms with Gasteiger partial charge in [-0.25, -0.2) is 4.98 Å². The molecule has 0 spiro atoms. The smallest absolute Gasteiger partial charge is 0.107 e. The van der Waals surface area contributed by atoms with Crippen LogP contribution < -0.4 is 5.32 Å². The lowest BCUT2D eigenvalue weighted by molar-refractivity contribution is 0.235. The van der Waals surface area contributed by atoms with Crippen LogP contribution in [0.25, 0.3) is 0 Å². The zero-order valence-corrected chi connectivity index (χ0v) is 12.8. The first-order valence-corrected chi connectivity index (χ1v) is 7.78. The summed E-state index contributed by atoms with van der Waals surface area (Å²) in [6.07, 6.45) is 2.65. The van der Waals surface area contributed by atoms with Crippen LogP contribution in [0.5, 0.6) is 0 Å². The fraction of sp³-hybridized carbons (Fsp3) is 0.786. The Labute approximate surface area is 115 Å². The van der Waals surface area contributed by atoms with Crippen LogP contribution in [0.3, 0.4) is 0 Å². The van der Waals surface area contributed by atoms with Crippen LogP contribution in [0.2, 0.25) is 0 Å². The van der Waals surface area contributed by atoms with E-state index in [2.05, 4.69) is 42.9 Å². The Morgan fingerprint density at radius 3 is 2.83 bits per heavy atom. The van der Waals surface area contributed by atoms with E-state index in [0.717, 1.165) is 13.1 Å². The highest BCUT2D eigenvalue weighted by Gasteiger charge is 2.25. The fourth-order valence-corrected chi connectivity index (χ4v) is 3.45. The first-order valence-electron chi connectivity index (χ1n) is 6.96. The first-order chi connectivity index (χ1) is 8.56. The molecule has 0 saturated carbocycles. The predicted molar refractivity (Wildman–Crippen MR) is 78.2 cm³/mol. The topological polar surface area (TPSA) is 28.2 Å². The first kappa shape index (κ1) is 14.0. The summed E-state index contributed by atoms with van der Waals surface area (Å²) in [5.41, 5.74) is 1.20. The molecule has 1 aliphatic heterocycles. The van der Waals surface area contributed by atoms with E-state index in [4.69, 9.17) is 0 Å². The Bertz CT molecular complexity index is 367. The number of aromatic nitrogens is 1. The van der Waals surface area contributed by atoms with Crippen LogP contribution >= 0.6 is 11.3 Å². The molecule has 2 rings (SSSR count). The van der Waals surface area contributed by atoms with Crippen molar-refractivity contribution in [1.82, 2.24) is 15.2 Å². The van der Waals surface area contributed by atoms with Gasteiger partial charge in [0.25, 0.3) is 0 Å². The molecule has 18 heavy (non-hydrogen) atoms. The quantitative estimate of drug-likeness (QED) is 0.889. The van der Waals surface area contributed by atoms with Crippen molar-refractivity contribution in [1.29, 1.82) is 0 Å². The molecule has 1 aliphatic rings. The average Bonchev–Trinajstić information content (AvgIpc) is 2.85. The number of rotatable bonds is 5. The molecule has 1 aromatic heterocycles. The summed E-state index contributed by atoms with van der Waals surface area (Å²) in [6.45, 7) is 12.1. The maximum atomic E-state index is 4.66. The molecular weight excluding hydrogens is 242 g/mol. The van der Waals surface area contributed by atoms with Gasteiger partial charge in [0, 0.05) is 23.5 Å². The molecule has 0 bridgehead atoms. The Kier molecular flexibility index (Phi) is 4.76. The summed E-state index contributed by atoms with van der Waals surface area (Å²) in [5, 5.41) is 4.84. The van der Waals surface area contributed by atoms with Crippen molar-refractivity contribution in [2.24, 2.45) is 0 Å². The molecule has 2 heterocycles. The second-order valence-corrected chi connectivity index (χ2v) is 6.87. The Balaban J connectivity index is 1.91. The van der Waals surface area contributed by atoms with Crippen LogP contribution in [0.1, 0.15) is 42.3 Å². The van der Waals surface area contributed by atoms with Crippen molar-refractivity contribution < 1.29 is 0 Å². The van der Waals surface area contributed by atoms with Crippen LogP contribution in [0.4, 0.5) is 0 Å². The van der Waals surface area contributed by atoms with Crippen LogP contribution in [0, 0.1) is 13.8 Å². The zero-order chi connectivity index (χ0) is 13.1. The van der Waals surface area contributed by atoms with Gasteiger partial charge in [0.05, 0.1) is 12.2 Å². The summed E-state index contributed by atoms with van der Waals surface area (Å²) in [4.78, 5) is 8.61. The largest absolute Gasteiger partial charge is 0.313 e. The molecule has 1 unspecified atom stereocenters. The Morgan fingerprint density at radius 1 is 1.44 bits per heavy atom. The van der Waals surface area contributed by atoms with Crippen molar-refractivity contribution >= 4 is 11.3 Å². The molecule has 1 fully saturated rings. The van der Waals surface area contributed by atoms with E-state index in [0.29, 0.717) is 12.1 Å². The highest BCUT2D eigenvalue weighted by molar-refractivity contribution is 7.11. The molecule has 0 aromatic carbocycles. The van der Waals surface area contributed by atoms with Gasteiger partial charge in [0.15, 0.2) is 0 Å². The van der Waals surface area contributed by atoms with Gasteiger partial charge >= 0.3 is 0 Å². The molecule has 3 nitrogen and oxygen atoms in total. The van der Waals surface area contributed by atoms with Crippen LogP contribution in [-0.4, -0.2) is 35.1 Å². The van der Waals surface area contributed by atoms with Crippen molar-refractivity contribution in [2.75, 3.05) is 13.1 Å². The Hall–Kier alpha value is -0.450. The minimum Gasteiger partial charge on any atom is -0.313 e. The van der Waals surface area contributed by atoms with Crippen molar-refractivity contribution in [3.63, 3.8) is 0 Å². The molecule has 0 aliphatic carbocycles. The summed E-state index contributed by atoms with van der Waals surface area (Å²) in [6, 6.07) is 1.27. The molecular formula is C14H25N3S. The second kappa shape index (κ2) is 6.13.